The third-order valence-corrected chi connectivity index (χ3v) is 2.40. The minimum atomic E-state index is -0.283. The minimum absolute atomic E-state index is 0.130. The van der Waals surface area contributed by atoms with Gasteiger partial charge in [0.05, 0.1) is 6.10 Å². The highest BCUT2D eigenvalue weighted by Crippen LogP contribution is 2.19. The fraction of sp³-hybridized carbons (Fsp3) is 0.545. The summed E-state index contributed by atoms with van der Waals surface area (Å²) in [7, 11) is 0. The highest BCUT2D eigenvalue weighted by atomic mass is 16.3. The number of hydrogen-bond donors (Lipinski definition) is 1. The predicted molar refractivity (Wildman–Crippen MR) is 53.7 cm³/mol. The highest BCUT2D eigenvalue weighted by molar-refractivity contribution is 5.17. The van der Waals surface area contributed by atoms with Crippen molar-refractivity contribution in [2.75, 3.05) is 0 Å². The first-order valence-corrected chi connectivity index (χ1v) is 4.75. The number of nitrogens with zero attached hydrogens (tertiary/aromatic N) is 1. The van der Waals surface area contributed by atoms with Gasteiger partial charge >= 0.3 is 0 Å². The van der Waals surface area contributed by atoms with E-state index in [9.17, 15) is 5.11 Å². The Bertz CT molecular complexity index is 273. The van der Waals surface area contributed by atoms with E-state index in [1.807, 2.05) is 32.9 Å². The van der Waals surface area contributed by atoms with Crippen LogP contribution in [0.2, 0.25) is 0 Å². The maximum absolute atomic E-state index is 9.63. The Hall–Kier alpha value is -0.890. The normalized spacial score (nSPS) is 15.4. The molecule has 0 amide bonds. The van der Waals surface area contributed by atoms with E-state index in [2.05, 4.69) is 4.98 Å². The number of rotatable bonds is 3. The lowest BCUT2D eigenvalue weighted by molar-refractivity contribution is 0.143. The third kappa shape index (κ3) is 2.52. The monoisotopic (exact) mass is 179 g/mol. The lowest BCUT2D eigenvalue weighted by atomic mass is 9.97. The first-order valence-electron chi connectivity index (χ1n) is 4.75. The molecule has 0 aliphatic heterocycles. The summed E-state index contributed by atoms with van der Waals surface area (Å²) in [6, 6.07) is 4.00. The van der Waals surface area contributed by atoms with E-state index >= 15 is 0 Å². The van der Waals surface area contributed by atoms with Crippen molar-refractivity contribution in [3.05, 3.63) is 29.6 Å². The largest absolute Gasteiger partial charge is 0.392 e. The number of aromatic nitrogens is 1. The summed E-state index contributed by atoms with van der Waals surface area (Å²) in [6.07, 6.45) is 2.29. The van der Waals surface area contributed by atoms with E-state index in [0.717, 1.165) is 12.1 Å². The fourth-order valence-electron chi connectivity index (χ4n) is 1.36. The van der Waals surface area contributed by atoms with E-state index in [0.29, 0.717) is 0 Å². The molecule has 0 aromatic carbocycles. The van der Waals surface area contributed by atoms with E-state index in [1.54, 1.807) is 6.20 Å². The van der Waals surface area contributed by atoms with Crippen molar-refractivity contribution in [2.24, 2.45) is 0 Å². The molecule has 1 aromatic heterocycles. The Morgan fingerprint density at radius 2 is 2.23 bits per heavy atom. The molecule has 1 heterocycles. The molecule has 1 N–H and O–H groups in total. The summed E-state index contributed by atoms with van der Waals surface area (Å²) < 4.78 is 0. The van der Waals surface area contributed by atoms with Gasteiger partial charge in [0.2, 0.25) is 0 Å². The predicted octanol–water partition coefficient (Wildman–Crippen LogP) is 2.26. The molecule has 0 saturated carbocycles. The number of aliphatic hydroxyl groups excluding tert-OH is 1. The molecule has 0 radical (unpaired) electrons. The molecule has 1 aromatic rings. The summed E-state index contributed by atoms with van der Waals surface area (Å²) in [5.74, 6) is 0.130. The van der Waals surface area contributed by atoms with Crippen LogP contribution in [-0.2, 0) is 0 Å². The highest BCUT2D eigenvalue weighted by Gasteiger charge is 2.15. The fourth-order valence-corrected chi connectivity index (χ4v) is 1.36. The third-order valence-electron chi connectivity index (χ3n) is 2.40. The van der Waals surface area contributed by atoms with Crippen LogP contribution >= 0.6 is 0 Å². The van der Waals surface area contributed by atoms with Crippen LogP contribution in [-0.4, -0.2) is 16.2 Å². The zero-order chi connectivity index (χ0) is 9.84. The van der Waals surface area contributed by atoms with Gasteiger partial charge in [0, 0.05) is 17.8 Å². The summed E-state index contributed by atoms with van der Waals surface area (Å²) >= 11 is 0. The van der Waals surface area contributed by atoms with Crippen molar-refractivity contribution in [1.29, 1.82) is 0 Å². The molecule has 0 fully saturated rings. The van der Waals surface area contributed by atoms with Gasteiger partial charge < -0.3 is 5.11 Å². The molecule has 72 valence electrons. The number of pyridine rings is 1. The van der Waals surface area contributed by atoms with Crippen molar-refractivity contribution in [1.82, 2.24) is 4.98 Å². The van der Waals surface area contributed by atoms with Gasteiger partial charge in [-0.05, 0) is 31.0 Å². The number of aryl methyl sites for hydroxylation is 1. The summed E-state index contributed by atoms with van der Waals surface area (Å²) in [6.45, 7) is 6.03. The minimum Gasteiger partial charge on any atom is -0.392 e. The van der Waals surface area contributed by atoms with Crippen LogP contribution in [0.15, 0.2) is 18.3 Å². The topological polar surface area (TPSA) is 33.1 Å². The molecule has 2 nitrogen and oxygen atoms in total. The van der Waals surface area contributed by atoms with Crippen LogP contribution in [0.25, 0.3) is 0 Å². The van der Waals surface area contributed by atoms with Gasteiger partial charge in [0.25, 0.3) is 0 Å². The van der Waals surface area contributed by atoms with Crippen molar-refractivity contribution in [3.63, 3.8) is 0 Å². The van der Waals surface area contributed by atoms with Gasteiger partial charge in [-0.15, -0.1) is 0 Å². The summed E-state index contributed by atoms with van der Waals surface area (Å²) in [5.41, 5.74) is 2.18. The molecular weight excluding hydrogens is 162 g/mol. The summed E-state index contributed by atoms with van der Waals surface area (Å²) in [5, 5.41) is 9.63. The Morgan fingerprint density at radius 3 is 2.77 bits per heavy atom. The van der Waals surface area contributed by atoms with Gasteiger partial charge in [-0.1, -0.05) is 13.8 Å². The van der Waals surface area contributed by atoms with Gasteiger partial charge in [-0.25, -0.2) is 0 Å². The van der Waals surface area contributed by atoms with Crippen molar-refractivity contribution in [3.8, 4) is 0 Å². The van der Waals surface area contributed by atoms with E-state index in [4.69, 9.17) is 0 Å². The standard InChI is InChI=1S/C11H17NO/c1-4-11(13)9(3)10-7-8(2)5-6-12-10/h5-7,9,11,13H,4H2,1-3H3. The molecule has 2 heteroatoms. The summed E-state index contributed by atoms with van der Waals surface area (Å²) in [4.78, 5) is 4.25. The maximum atomic E-state index is 9.63. The molecular formula is C11H17NO. The van der Waals surface area contributed by atoms with Gasteiger partial charge in [0.15, 0.2) is 0 Å². The van der Waals surface area contributed by atoms with Crippen LogP contribution in [0.4, 0.5) is 0 Å². The van der Waals surface area contributed by atoms with Crippen molar-refractivity contribution >= 4 is 0 Å². The van der Waals surface area contributed by atoms with Crippen LogP contribution in [0.1, 0.15) is 37.4 Å². The molecule has 2 unspecified atom stereocenters. The zero-order valence-corrected chi connectivity index (χ0v) is 8.49. The second-order valence-electron chi connectivity index (χ2n) is 3.52. The average molecular weight is 179 g/mol. The van der Waals surface area contributed by atoms with Crippen LogP contribution in [0.5, 0.6) is 0 Å². The van der Waals surface area contributed by atoms with Gasteiger partial charge in [0.1, 0.15) is 0 Å². The Kier molecular flexibility index (Phi) is 3.43. The molecule has 13 heavy (non-hydrogen) atoms. The molecule has 0 spiro atoms. The Balaban J connectivity index is 2.82. The number of aliphatic hydroxyl groups is 1. The lowest BCUT2D eigenvalue weighted by Crippen LogP contribution is -2.15. The second-order valence-corrected chi connectivity index (χ2v) is 3.52. The van der Waals surface area contributed by atoms with Crippen LogP contribution in [0.3, 0.4) is 0 Å². The quantitative estimate of drug-likeness (QED) is 0.772. The molecule has 0 saturated heterocycles. The first-order chi connectivity index (χ1) is 6.15. The SMILES string of the molecule is CCC(O)C(C)c1cc(C)ccn1. The maximum Gasteiger partial charge on any atom is 0.0618 e. The first kappa shape index (κ1) is 10.2. The molecule has 1 rings (SSSR count). The average Bonchev–Trinajstić information content (AvgIpc) is 2.15. The lowest BCUT2D eigenvalue weighted by Gasteiger charge is -2.16. The van der Waals surface area contributed by atoms with Gasteiger partial charge in [-0.3, -0.25) is 4.98 Å². The molecule has 0 bridgehead atoms. The second kappa shape index (κ2) is 4.38. The molecule has 2 atom stereocenters. The Morgan fingerprint density at radius 1 is 1.54 bits per heavy atom. The van der Waals surface area contributed by atoms with E-state index in [1.165, 1.54) is 5.56 Å². The molecule has 0 aliphatic rings. The van der Waals surface area contributed by atoms with E-state index in [-0.39, 0.29) is 12.0 Å². The van der Waals surface area contributed by atoms with Crippen molar-refractivity contribution in [2.45, 2.75) is 39.2 Å². The Labute approximate surface area is 79.6 Å². The van der Waals surface area contributed by atoms with Crippen LogP contribution in [0, 0.1) is 6.92 Å². The molecule has 0 aliphatic carbocycles. The van der Waals surface area contributed by atoms with Gasteiger partial charge in [-0.2, -0.15) is 0 Å². The smallest absolute Gasteiger partial charge is 0.0618 e. The van der Waals surface area contributed by atoms with Crippen molar-refractivity contribution < 1.29 is 5.11 Å². The van der Waals surface area contributed by atoms with Crippen LogP contribution < -0.4 is 0 Å². The number of hydrogen-bond acceptors (Lipinski definition) is 2. The zero-order valence-electron chi connectivity index (χ0n) is 8.49. The van der Waals surface area contributed by atoms with E-state index < -0.39 is 0 Å².